The summed E-state index contributed by atoms with van der Waals surface area (Å²) in [5.41, 5.74) is 0.397. The van der Waals surface area contributed by atoms with Crippen molar-refractivity contribution in [3.63, 3.8) is 0 Å². The van der Waals surface area contributed by atoms with E-state index >= 15 is 0 Å². The topological polar surface area (TPSA) is 69.7 Å². The third kappa shape index (κ3) is 3.19. The Morgan fingerprint density at radius 2 is 1.96 bits per heavy atom. The second-order valence-electron chi connectivity index (χ2n) is 7.24. The minimum Gasteiger partial charge on any atom is -0.461 e. The summed E-state index contributed by atoms with van der Waals surface area (Å²) >= 11 is 15.3. The van der Waals surface area contributed by atoms with E-state index in [-0.39, 0.29) is 46.8 Å². The molecule has 7 atom stereocenters. The summed E-state index contributed by atoms with van der Waals surface area (Å²) < 4.78 is 11.0. The number of carbonyl (C=O) groups is 3. The number of ether oxygens (including phenoxy) is 2. The summed E-state index contributed by atoms with van der Waals surface area (Å²) in [6.07, 6.45) is -0.198. The molecule has 0 radical (unpaired) electrons. The van der Waals surface area contributed by atoms with E-state index < -0.39 is 23.9 Å². The zero-order valence-electron chi connectivity index (χ0n) is 14.1. The number of carbonyl (C=O) groups excluding carboxylic acids is 3. The van der Waals surface area contributed by atoms with Crippen LogP contribution in [-0.2, 0) is 19.1 Å². The van der Waals surface area contributed by atoms with Gasteiger partial charge < -0.3 is 9.47 Å². The van der Waals surface area contributed by atoms with E-state index in [1.807, 2.05) is 0 Å². The van der Waals surface area contributed by atoms with E-state index in [1.165, 1.54) is 0 Å². The molecule has 0 unspecified atom stereocenters. The third-order valence-corrected chi connectivity index (χ3v) is 7.52. The van der Waals surface area contributed by atoms with Gasteiger partial charge in [0.25, 0.3) is 0 Å². The number of rotatable bonds is 6. The molecule has 1 heterocycles. The molecule has 0 N–H and O–H groups in total. The molecule has 27 heavy (non-hydrogen) atoms. The summed E-state index contributed by atoms with van der Waals surface area (Å²) in [7, 11) is 0. The van der Waals surface area contributed by atoms with Gasteiger partial charge in [0.15, 0.2) is 6.10 Å². The maximum absolute atomic E-state index is 12.9. The van der Waals surface area contributed by atoms with Gasteiger partial charge in [-0.25, -0.2) is 0 Å². The third-order valence-electron chi connectivity index (χ3n) is 5.85. The monoisotopic (exact) mass is 474 g/mol. The average Bonchev–Trinajstić information content (AvgIpc) is 3.25. The first-order valence-electron chi connectivity index (χ1n) is 8.83. The zero-order chi connectivity index (χ0) is 19.3. The lowest BCUT2D eigenvalue weighted by Crippen LogP contribution is -2.41. The highest BCUT2D eigenvalue weighted by atomic mass is 79.9. The van der Waals surface area contributed by atoms with Crippen molar-refractivity contribution in [2.45, 2.75) is 29.9 Å². The molecule has 0 aromatic heterocycles. The molecule has 3 aliphatic rings. The molecule has 1 saturated heterocycles. The number of esters is 2. The number of benzene rings is 1. The van der Waals surface area contributed by atoms with Gasteiger partial charge in [-0.05, 0) is 36.6 Å². The number of hydrogen-bond acceptors (Lipinski definition) is 5. The normalized spacial score (nSPS) is 34.4. The molecule has 5 nitrogen and oxygen atoms in total. The standard InChI is InChI=1S/C19H17BrCl2O5/c20-15-10-7-11-14(19(25)27-17(11)15)13(10)18(24)26-12(5-6-21)16(23)8-1-3-9(22)4-2-8/h1-4,10-15,17H,5-7H2/t10-,11-,12+,13-,14-,15-,17+/m1/s1. The Hall–Kier alpha value is -1.11. The van der Waals surface area contributed by atoms with Crippen LogP contribution in [0.5, 0.6) is 0 Å². The highest BCUT2D eigenvalue weighted by molar-refractivity contribution is 9.09. The molecular weight excluding hydrogens is 459 g/mol. The van der Waals surface area contributed by atoms with E-state index in [2.05, 4.69) is 15.9 Å². The van der Waals surface area contributed by atoms with Crippen molar-refractivity contribution in [2.24, 2.45) is 23.7 Å². The van der Waals surface area contributed by atoms with Crippen LogP contribution in [0, 0.1) is 23.7 Å². The Balaban J connectivity index is 1.52. The van der Waals surface area contributed by atoms with Gasteiger partial charge >= 0.3 is 11.9 Å². The molecule has 1 aliphatic heterocycles. The highest BCUT2D eigenvalue weighted by Gasteiger charge is 2.68. The molecular formula is C19H17BrCl2O5. The second-order valence-corrected chi connectivity index (χ2v) is 9.11. The lowest BCUT2D eigenvalue weighted by molar-refractivity contribution is -0.158. The number of halogens is 3. The first-order valence-corrected chi connectivity index (χ1v) is 10.7. The van der Waals surface area contributed by atoms with Gasteiger partial charge in [0.05, 0.1) is 16.7 Å². The molecule has 2 saturated carbocycles. The molecule has 2 aliphatic carbocycles. The summed E-state index contributed by atoms with van der Waals surface area (Å²) in [5.74, 6) is -2.05. The van der Waals surface area contributed by atoms with Gasteiger partial charge in [-0.3, -0.25) is 14.4 Å². The van der Waals surface area contributed by atoms with Crippen molar-refractivity contribution in [1.29, 1.82) is 0 Å². The van der Waals surface area contributed by atoms with Crippen molar-refractivity contribution in [2.75, 3.05) is 5.88 Å². The zero-order valence-corrected chi connectivity index (χ0v) is 17.2. The van der Waals surface area contributed by atoms with Crippen LogP contribution in [0.15, 0.2) is 24.3 Å². The van der Waals surface area contributed by atoms with Crippen LogP contribution < -0.4 is 0 Å². The van der Waals surface area contributed by atoms with Gasteiger partial charge in [-0.2, -0.15) is 0 Å². The van der Waals surface area contributed by atoms with Crippen molar-refractivity contribution in [3.05, 3.63) is 34.9 Å². The first-order chi connectivity index (χ1) is 12.9. The van der Waals surface area contributed by atoms with Crippen LogP contribution in [0.4, 0.5) is 0 Å². The van der Waals surface area contributed by atoms with Gasteiger partial charge in [-0.15, -0.1) is 11.6 Å². The smallest absolute Gasteiger partial charge is 0.310 e. The summed E-state index contributed by atoms with van der Waals surface area (Å²) in [5, 5.41) is 0.511. The molecule has 1 aromatic carbocycles. The average molecular weight is 476 g/mol. The van der Waals surface area contributed by atoms with Crippen molar-refractivity contribution in [3.8, 4) is 0 Å². The molecule has 0 spiro atoms. The fourth-order valence-corrected chi connectivity index (χ4v) is 6.02. The molecule has 4 rings (SSSR count). The minimum atomic E-state index is -0.989. The predicted octanol–water partition coefficient (Wildman–Crippen LogP) is 3.63. The SMILES string of the molecule is O=C(O[C@@H](CCCl)C(=O)c1ccc(Cl)cc1)[C@@H]1[C@H]2C[C@H]3[C@H](OC(=O)[C@H]31)[C@@H]2Br. The number of fused-ring (bicyclic) bond motifs is 1. The van der Waals surface area contributed by atoms with Gasteiger partial charge in [-0.1, -0.05) is 27.5 Å². The van der Waals surface area contributed by atoms with Crippen LogP contribution in [0.2, 0.25) is 5.02 Å². The molecule has 2 bridgehead atoms. The largest absolute Gasteiger partial charge is 0.461 e. The van der Waals surface area contributed by atoms with Crippen LogP contribution >= 0.6 is 39.1 Å². The molecule has 3 fully saturated rings. The van der Waals surface area contributed by atoms with Crippen molar-refractivity contribution >= 4 is 56.9 Å². The van der Waals surface area contributed by atoms with Crippen LogP contribution in [0.25, 0.3) is 0 Å². The van der Waals surface area contributed by atoms with E-state index in [9.17, 15) is 14.4 Å². The number of ketones is 1. The minimum absolute atomic E-state index is 0.0220. The van der Waals surface area contributed by atoms with Crippen LogP contribution in [0.1, 0.15) is 23.2 Å². The van der Waals surface area contributed by atoms with E-state index in [1.54, 1.807) is 24.3 Å². The number of Topliss-reactive ketones (excluding diaryl/α,β-unsaturated/α-hetero) is 1. The lowest BCUT2D eigenvalue weighted by Gasteiger charge is -2.28. The van der Waals surface area contributed by atoms with Crippen molar-refractivity contribution in [1.82, 2.24) is 0 Å². The van der Waals surface area contributed by atoms with Gasteiger partial charge in [0.1, 0.15) is 6.10 Å². The Morgan fingerprint density at radius 1 is 1.26 bits per heavy atom. The van der Waals surface area contributed by atoms with Gasteiger partial charge in [0.2, 0.25) is 5.78 Å². The molecule has 144 valence electrons. The highest BCUT2D eigenvalue weighted by Crippen LogP contribution is 2.60. The van der Waals surface area contributed by atoms with Crippen LogP contribution in [-0.4, -0.2) is 40.6 Å². The van der Waals surface area contributed by atoms with Crippen LogP contribution in [0.3, 0.4) is 0 Å². The predicted molar refractivity (Wildman–Crippen MR) is 102 cm³/mol. The van der Waals surface area contributed by atoms with Gasteiger partial charge in [0, 0.05) is 28.8 Å². The Labute approximate surface area is 174 Å². The lowest BCUT2D eigenvalue weighted by atomic mass is 9.80. The summed E-state index contributed by atoms with van der Waals surface area (Å²) in [6, 6.07) is 6.39. The fourth-order valence-electron chi connectivity index (χ4n) is 4.66. The maximum atomic E-state index is 12.9. The Bertz CT molecular complexity index is 783. The summed E-state index contributed by atoms with van der Waals surface area (Å²) in [4.78, 5) is 37.8. The molecule has 8 heteroatoms. The fraction of sp³-hybridized carbons (Fsp3) is 0.526. The quantitative estimate of drug-likeness (QED) is 0.357. The number of hydrogen-bond donors (Lipinski definition) is 0. The first kappa shape index (κ1) is 19.2. The summed E-state index contributed by atoms with van der Waals surface area (Å²) in [6.45, 7) is 0. The maximum Gasteiger partial charge on any atom is 0.310 e. The number of alkyl halides is 2. The van der Waals surface area contributed by atoms with E-state index in [0.717, 1.165) is 6.42 Å². The molecule has 0 amide bonds. The second kappa shape index (κ2) is 7.37. The Morgan fingerprint density at radius 3 is 2.63 bits per heavy atom. The molecule has 1 aromatic rings. The van der Waals surface area contributed by atoms with E-state index in [0.29, 0.717) is 10.6 Å². The van der Waals surface area contributed by atoms with E-state index in [4.69, 9.17) is 32.7 Å². The van der Waals surface area contributed by atoms with Crippen molar-refractivity contribution < 1.29 is 23.9 Å². The Kier molecular flexibility index (Phi) is 5.25.